The summed E-state index contributed by atoms with van der Waals surface area (Å²) in [6, 6.07) is 16.0. The third-order valence-electron chi connectivity index (χ3n) is 1.51. The van der Waals surface area contributed by atoms with Crippen LogP contribution in [0.15, 0.2) is 60.9 Å². The van der Waals surface area contributed by atoms with Crippen molar-refractivity contribution in [3.05, 3.63) is 66.5 Å². The summed E-state index contributed by atoms with van der Waals surface area (Å²) in [6.45, 7) is 2.08. The SMILES string of the molecule is Cc1ccccc1.O=S([O-])Cl.c1ccncc1. The van der Waals surface area contributed by atoms with Crippen LogP contribution in [0.25, 0.3) is 0 Å². The lowest BCUT2D eigenvalue weighted by atomic mass is 10.2. The van der Waals surface area contributed by atoms with Gasteiger partial charge in [-0.15, -0.1) is 0 Å². The number of rotatable bonds is 0. The maximum Gasteiger partial charge on any atom is 0.0422 e. The molecular formula is C12H13ClNO2S-. The molecule has 92 valence electrons. The van der Waals surface area contributed by atoms with E-state index in [-0.39, 0.29) is 0 Å². The summed E-state index contributed by atoms with van der Waals surface area (Å²) >= 11 is 0. The number of benzene rings is 1. The van der Waals surface area contributed by atoms with Crippen molar-refractivity contribution < 1.29 is 8.76 Å². The summed E-state index contributed by atoms with van der Waals surface area (Å²) in [7, 11) is 1.80. The first-order chi connectivity index (χ1) is 8.13. The fraction of sp³-hybridized carbons (Fsp3) is 0.0833. The first-order valence-electron chi connectivity index (χ1n) is 4.75. The molecule has 0 spiro atoms. The Balaban J connectivity index is 0.000000236. The zero-order chi connectivity index (χ0) is 12.9. The van der Waals surface area contributed by atoms with Crippen LogP contribution in [0.2, 0.25) is 0 Å². The van der Waals surface area contributed by atoms with Gasteiger partial charge in [0.2, 0.25) is 0 Å². The zero-order valence-electron chi connectivity index (χ0n) is 9.32. The van der Waals surface area contributed by atoms with E-state index < -0.39 is 10.3 Å². The maximum atomic E-state index is 8.77. The number of hydrogen-bond acceptors (Lipinski definition) is 3. The van der Waals surface area contributed by atoms with E-state index in [9.17, 15) is 0 Å². The molecule has 0 saturated heterocycles. The third-order valence-corrected chi connectivity index (χ3v) is 1.51. The van der Waals surface area contributed by atoms with Crippen LogP contribution in [0.3, 0.4) is 0 Å². The van der Waals surface area contributed by atoms with Gasteiger partial charge in [-0.25, -0.2) is 0 Å². The number of nitrogens with zero attached hydrogens (tertiary/aromatic N) is 1. The van der Waals surface area contributed by atoms with E-state index in [1.54, 1.807) is 12.4 Å². The molecule has 0 amide bonds. The van der Waals surface area contributed by atoms with Crippen molar-refractivity contribution in [2.75, 3.05) is 0 Å². The van der Waals surface area contributed by atoms with Crippen molar-refractivity contribution in [3.8, 4) is 0 Å². The molecule has 0 bridgehead atoms. The van der Waals surface area contributed by atoms with E-state index in [4.69, 9.17) is 8.76 Å². The molecule has 1 aromatic carbocycles. The second-order valence-corrected chi connectivity index (χ2v) is 4.02. The van der Waals surface area contributed by atoms with Crippen LogP contribution in [0, 0.1) is 6.92 Å². The quantitative estimate of drug-likeness (QED) is 0.546. The van der Waals surface area contributed by atoms with E-state index in [1.807, 2.05) is 36.4 Å². The highest BCUT2D eigenvalue weighted by molar-refractivity contribution is 8.03. The van der Waals surface area contributed by atoms with Gasteiger partial charge in [-0.2, -0.15) is 0 Å². The monoisotopic (exact) mass is 270 g/mol. The van der Waals surface area contributed by atoms with E-state index >= 15 is 0 Å². The number of halogens is 1. The Morgan fingerprint density at radius 1 is 1.06 bits per heavy atom. The molecule has 0 N–H and O–H groups in total. The molecule has 2 aromatic rings. The molecule has 2 rings (SSSR count). The summed E-state index contributed by atoms with van der Waals surface area (Å²) in [5.74, 6) is 0. The summed E-state index contributed by atoms with van der Waals surface area (Å²) in [4.78, 5) is 3.78. The maximum absolute atomic E-state index is 8.77. The Morgan fingerprint density at radius 3 is 1.65 bits per heavy atom. The van der Waals surface area contributed by atoms with Crippen molar-refractivity contribution in [1.82, 2.24) is 4.98 Å². The Morgan fingerprint density at radius 2 is 1.47 bits per heavy atom. The minimum absolute atomic E-state index is 1.32. The van der Waals surface area contributed by atoms with Gasteiger partial charge in [-0.3, -0.25) is 9.19 Å². The van der Waals surface area contributed by atoms with Crippen molar-refractivity contribution in [2.24, 2.45) is 0 Å². The van der Waals surface area contributed by atoms with Crippen molar-refractivity contribution in [3.63, 3.8) is 0 Å². The predicted octanol–water partition coefficient (Wildman–Crippen LogP) is 3.10. The Bertz CT molecular complexity index is 367. The second-order valence-electron chi connectivity index (χ2n) is 2.87. The summed E-state index contributed by atoms with van der Waals surface area (Å²) in [5, 5.41) is 0. The zero-order valence-corrected chi connectivity index (χ0v) is 10.9. The van der Waals surface area contributed by atoms with E-state index in [0.29, 0.717) is 0 Å². The number of hydrogen-bond donors (Lipinski definition) is 0. The molecule has 1 atom stereocenters. The lowest BCUT2D eigenvalue weighted by Gasteiger charge is -1.82. The summed E-state index contributed by atoms with van der Waals surface area (Å²) < 4.78 is 17.5. The second kappa shape index (κ2) is 11.3. The highest BCUT2D eigenvalue weighted by Gasteiger charge is 1.72. The van der Waals surface area contributed by atoms with Crippen molar-refractivity contribution >= 4 is 21.0 Å². The molecule has 5 heteroatoms. The molecule has 0 radical (unpaired) electrons. The van der Waals surface area contributed by atoms with Gasteiger partial charge in [0, 0.05) is 22.7 Å². The Kier molecular flexibility index (Phi) is 10.4. The van der Waals surface area contributed by atoms with Gasteiger partial charge in [0.05, 0.1) is 0 Å². The number of aryl methyl sites for hydroxylation is 1. The van der Waals surface area contributed by atoms with Crippen molar-refractivity contribution in [2.45, 2.75) is 6.92 Å². The number of aromatic nitrogens is 1. The molecule has 1 aromatic heterocycles. The smallest absolute Gasteiger partial charge is 0.0422 e. The fourth-order valence-corrected chi connectivity index (χ4v) is 0.847. The van der Waals surface area contributed by atoms with Crippen LogP contribution in [0.1, 0.15) is 5.56 Å². The lowest BCUT2D eigenvalue weighted by molar-refractivity contribution is 0.552. The topological polar surface area (TPSA) is 53.0 Å². The molecular weight excluding hydrogens is 258 g/mol. The predicted molar refractivity (Wildman–Crippen MR) is 70.2 cm³/mol. The van der Waals surface area contributed by atoms with Crippen LogP contribution in [-0.4, -0.2) is 13.7 Å². The Hall–Kier alpha value is -1.23. The third kappa shape index (κ3) is 14.8. The summed E-state index contributed by atoms with van der Waals surface area (Å²) in [5.41, 5.74) is 1.32. The van der Waals surface area contributed by atoms with Gasteiger partial charge in [-0.05, 0) is 29.7 Å². The van der Waals surface area contributed by atoms with Crippen LogP contribution in [0.4, 0.5) is 0 Å². The molecule has 1 unspecified atom stereocenters. The van der Waals surface area contributed by atoms with Crippen molar-refractivity contribution in [1.29, 1.82) is 0 Å². The Labute approximate surface area is 108 Å². The molecule has 1 heterocycles. The van der Waals surface area contributed by atoms with E-state index in [1.165, 1.54) is 5.56 Å². The number of pyridine rings is 1. The minimum atomic E-state index is -2.39. The first-order valence-corrected chi connectivity index (χ1v) is 6.65. The van der Waals surface area contributed by atoms with Gasteiger partial charge in [0.25, 0.3) is 0 Å². The molecule has 0 aliphatic rings. The van der Waals surface area contributed by atoms with Crippen LogP contribution in [0.5, 0.6) is 0 Å². The molecule has 3 nitrogen and oxygen atoms in total. The van der Waals surface area contributed by atoms with Gasteiger partial charge in [-0.1, -0.05) is 42.0 Å². The van der Waals surface area contributed by atoms with Gasteiger partial charge >= 0.3 is 0 Å². The van der Waals surface area contributed by atoms with Gasteiger partial charge in [0.15, 0.2) is 0 Å². The summed E-state index contributed by atoms with van der Waals surface area (Å²) in [6.07, 6.45) is 3.50. The fourth-order valence-electron chi connectivity index (χ4n) is 0.847. The molecule has 17 heavy (non-hydrogen) atoms. The van der Waals surface area contributed by atoms with Crippen LogP contribution >= 0.6 is 10.7 Å². The van der Waals surface area contributed by atoms with Crippen LogP contribution < -0.4 is 0 Å². The molecule has 0 aliphatic carbocycles. The average Bonchev–Trinajstić information content (AvgIpc) is 2.32. The van der Waals surface area contributed by atoms with E-state index in [2.05, 4.69) is 34.7 Å². The van der Waals surface area contributed by atoms with Gasteiger partial charge in [0.1, 0.15) is 0 Å². The van der Waals surface area contributed by atoms with Gasteiger partial charge < -0.3 is 4.55 Å². The van der Waals surface area contributed by atoms with E-state index in [0.717, 1.165) is 0 Å². The minimum Gasteiger partial charge on any atom is -0.760 e. The van der Waals surface area contributed by atoms with Crippen LogP contribution in [-0.2, 0) is 10.3 Å². The highest BCUT2D eigenvalue weighted by atomic mass is 35.7. The molecule has 0 fully saturated rings. The molecule has 0 saturated carbocycles. The standard InChI is InChI=1S/C7H8.C5H5N.ClHO2S/c1-7-5-3-2-4-6-7;1-2-4-6-5-3-1;1-4(2)3/h2-6H,1H3;1-5H;(H,2,3)/p-1. The molecule has 0 aliphatic heterocycles. The lowest BCUT2D eigenvalue weighted by Crippen LogP contribution is -1.62. The largest absolute Gasteiger partial charge is 0.760 e. The average molecular weight is 271 g/mol. The normalized spacial score (nSPS) is 10.1. The first kappa shape index (κ1) is 15.8. The highest BCUT2D eigenvalue weighted by Crippen LogP contribution is 1.92.